The third-order valence-electron chi connectivity index (χ3n) is 4.73. The van der Waals surface area contributed by atoms with Gasteiger partial charge in [0.2, 0.25) is 5.91 Å². The van der Waals surface area contributed by atoms with Gasteiger partial charge in [-0.05, 0) is 51.4 Å². The normalized spacial score (nSPS) is 26.4. The predicted octanol–water partition coefficient (Wildman–Crippen LogP) is 2.13. The monoisotopic (exact) mass is 308 g/mol. The van der Waals surface area contributed by atoms with Gasteiger partial charge in [0.1, 0.15) is 0 Å². The fraction of sp³-hybridized carbons (Fsp3) is 0.882. The second-order valence-corrected chi connectivity index (χ2v) is 6.70. The van der Waals surface area contributed by atoms with Gasteiger partial charge in [0, 0.05) is 38.6 Å². The van der Waals surface area contributed by atoms with Crippen LogP contribution in [0, 0.1) is 5.92 Å². The van der Waals surface area contributed by atoms with Crippen LogP contribution in [0.1, 0.15) is 58.8 Å². The van der Waals surface area contributed by atoms with Crippen molar-refractivity contribution in [3.63, 3.8) is 0 Å². The topological polar surface area (TPSA) is 56.7 Å². The Labute approximate surface area is 134 Å². The lowest BCUT2D eigenvalue weighted by molar-refractivity contribution is -0.127. The van der Waals surface area contributed by atoms with E-state index in [9.17, 15) is 4.79 Å². The molecule has 1 aliphatic carbocycles. The number of guanidine groups is 1. The first-order valence-electron chi connectivity index (χ1n) is 9.01. The molecule has 1 saturated carbocycles. The molecule has 1 amide bonds. The molecule has 0 unspecified atom stereocenters. The Morgan fingerprint density at radius 1 is 1.32 bits per heavy atom. The fourth-order valence-electron chi connectivity index (χ4n) is 3.31. The molecule has 1 aliphatic heterocycles. The van der Waals surface area contributed by atoms with Crippen molar-refractivity contribution < 1.29 is 4.79 Å². The molecule has 2 rings (SSSR count). The van der Waals surface area contributed by atoms with Gasteiger partial charge in [0.25, 0.3) is 0 Å². The summed E-state index contributed by atoms with van der Waals surface area (Å²) in [5.74, 6) is 2.12. The van der Waals surface area contributed by atoms with E-state index in [0.29, 0.717) is 11.9 Å². The Balaban J connectivity index is 1.71. The van der Waals surface area contributed by atoms with E-state index in [1.54, 1.807) is 0 Å². The highest BCUT2D eigenvalue weighted by atomic mass is 16.2. The summed E-state index contributed by atoms with van der Waals surface area (Å²) in [4.78, 5) is 18.2. The molecule has 126 valence electrons. The zero-order valence-corrected chi connectivity index (χ0v) is 14.2. The average molecular weight is 308 g/mol. The van der Waals surface area contributed by atoms with Crippen molar-refractivity contribution >= 4 is 11.9 Å². The summed E-state index contributed by atoms with van der Waals surface area (Å²) in [6.45, 7) is 7.89. The highest BCUT2D eigenvalue weighted by Gasteiger charge is 2.20. The van der Waals surface area contributed by atoms with Crippen molar-refractivity contribution in [3.05, 3.63) is 0 Å². The van der Waals surface area contributed by atoms with Crippen molar-refractivity contribution in [2.45, 2.75) is 64.8 Å². The number of carbonyl (C=O) groups excluding carboxylic acids is 1. The molecule has 2 N–H and O–H groups in total. The van der Waals surface area contributed by atoms with Crippen LogP contribution in [0.4, 0.5) is 0 Å². The highest BCUT2D eigenvalue weighted by Crippen LogP contribution is 2.23. The van der Waals surface area contributed by atoms with Crippen LogP contribution >= 0.6 is 0 Å². The highest BCUT2D eigenvalue weighted by molar-refractivity contribution is 5.80. The zero-order valence-electron chi connectivity index (χ0n) is 14.2. The lowest BCUT2D eigenvalue weighted by Gasteiger charge is -2.28. The third-order valence-corrected chi connectivity index (χ3v) is 4.73. The Bertz CT molecular complexity index is 375. The second-order valence-electron chi connectivity index (χ2n) is 6.70. The first-order chi connectivity index (χ1) is 10.7. The Morgan fingerprint density at radius 2 is 2.09 bits per heavy atom. The molecule has 2 aliphatic rings. The van der Waals surface area contributed by atoms with Gasteiger partial charge >= 0.3 is 0 Å². The van der Waals surface area contributed by atoms with Crippen LogP contribution in [0.15, 0.2) is 4.99 Å². The minimum Gasteiger partial charge on any atom is -0.357 e. The van der Waals surface area contributed by atoms with Crippen LogP contribution in [0.2, 0.25) is 0 Å². The van der Waals surface area contributed by atoms with Gasteiger partial charge in [-0.15, -0.1) is 0 Å². The van der Waals surface area contributed by atoms with E-state index in [1.807, 2.05) is 4.90 Å². The Kier molecular flexibility index (Phi) is 7.00. The zero-order chi connectivity index (χ0) is 15.8. The van der Waals surface area contributed by atoms with E-state index in [1.165, 1.54) is 25.7 Å². The number of nitrogens with one attached hydrogen (secondary N) is 2. The number of hydrogen-bond donors (Lipinski definition) is 2. The second kappa shape index (κ2) is 9.01. The number of likely N-dealkylation sites (tertiary alicyclic amines) is 1. The fourth-order valence-corrected chi connectivity index (χ4v) is 3.31. The van der Waals surface area contributed by atoms with E-state index in [4.69, 9.17) is 0 Å². The van der Waals surface area contributed by atoms with Gasteiger partial charge in [-0.2, -0.15) is 0 Å². The molecule has 0 aromatic rings. The molecule has 1 saturated heterocycles. The summed E-state index contributed by atoms with van der Waals surface area (Å²) in [6.07, 6.45) is 7.81. The number of hydrogen-bond acceptors (Lipinski definition) is 2. The van der Waals surface area contributed by atoms with Gasteiger partial charge < -0.3 is 15.5 Å². The van der Waals surface area contributed by atoms with Gasteiger partial charge in [0.15, 0.2) is 5.96 Å². The van der Waals surface area contributed by atoms with Crippen molar-refractivity contribution in [3.8, 4) is 0 Å². The number of aliphatic imine (C=N–C) groups is 1. The molecule has 0 atom stereocenters. The standard InChI is InChI=1S/C17H32N4O/c1-3-18-17(20-15-9-7-14(2)8-10-15)19-11-5-13-21-12-4-6-16(21)22/h14-15H,3-13H2,1-2H3,(H2,18,19,20). The number of rotatable bonds is 6. The Hall–Kier alpha value is -1.26. The summed E-state index contributed by atoms with van der Waals surface area (Å²) in [5, 5.41) is 6.91. The molecule has 5 heteroatoms. The molecule has 0 aromatic carbocycles. The minimum absolute atomic E-state index is 0.310. The smallest absolute Gasteiger partial charge is 0.222 e. The van der Waals surface area contributed by atoms with Gasteiger partial charge in [-0.1, -0.05) is 6.92 Å². The van der Waals surface area contributed by atoms with Gasteiger partial charge in [0.05, 0.1) is 0 Å². The SMILES string of the molecule is CCNC(=NCCCN1CCCC1=O)NC1CCC(C)CC1. The molecule has 0 spiro atoms. The van der Waals surface area contributed by atoms with Crippen molar-refractivity contribution in [1.82, 2.24) is 15.5 Å². The van der Waals surface area contributed by atoms with E-state index < -0.39 is 0 Å². The quantitative estimate of drug-likeness (QED) is 0.449. The predicted molar refractivity (Wildman–Crippen MR) is 91.0 cm³/mol. The van der Waals surface area contributed by atoms with Crippen molar-refractivity contribution in [2.24, 2.45) is 10.9 Å². The lowest BCUT2D eigenvalue weighted by Crippen LogP contribution is -2.44. The largest absolute Gasteiger partial charge is 0.357 e. The minimum atomic E-state index is 0.310. The summed E-state index contributed by atoms with van der Waals surface area (Å²) in [7, 11) is 0. The Morgan fingerprint density at radius 3 is 2.73 bits per heavy atom. The number of carbonyl (C=O) groups is 1. The first kappa shape index (κ1) is 17.1. The molecule has 5 nitrogen and oxygen atoms in total. The van der Waals surface area contributed by atoms with Crippen molar-refractivity contribution in [1.29, 1.82) is 0 Å². The van der Waals surface area contributed by atoms with E-state index in [0.717, 1.165) is 57.3 Å². The van der Waals surface area contributed by atoms with E-state index >= 15 is 0 Å². The van der Waals surface area contributed by atoms with Crippen LogP contribution in [0.25, 0.3) is 0 Å². The maximum Gasteiger partial charge on any atom is 0.222 e. The molecule has 0 aromatic heterocycles. The van der Waals surface area contributed by atoms with Crippen molar-refractivity contribution in [2.75, 3.05) is 26.2 Å². The summed E-state index contributed by atoms with van der Waals surface area (Å²) in [5.41, 5.74) is 0. The summed E-state index contributed by atoms with van der Waals surface area (Å²) < 4.78 is 0. The van der Waals surface area contributed by atoms with Crippen LogP contribution in [-0.2, 0) is 4.79 Å². The molecule has 0 radical (unpaired) electrons. The third kappa shape index (κ3) is 5.50. The molecule has 22 heavy (non-hydrogen) atoms. The van der Waals surface area contributed by atoms with Gasteiger partial charge in [-0.25, -0.2) is 0 Å². The summed E-state index contributed by atoms with van der Waals surface area (Å²) >= 11 is 0. The number of amides is 1. The maximum absolute atomic E-state index is 11.6. The molecular weight excluding hydrogens is 276 g/mol. The van der Waals surface area contributed by atoms with E-state index in [2.05, 4.69) is 29.5 Å². The maximum atomic E-state index is 11.6. The molecule has 1 heterocycles. The van der Waals surface area contributed by atoms with Crippen LogP contribution in [0.5, 0.6) is 0 Å². The lowest BCUT2D eigenvalue weighted by atomic mass is 9.87. The number of nitrogens with zero attached hydrogens (tertiary/aromatic N) is 2. The van der Waals surface area contributed by atoms with E-state index in [-0.39, 0.29) is 0 Å². The van der Waals surface area contributed by atoms with Crippen LogP contribution < -0.4 is 10.6 Å². The summed E-state index contributed by atoms with van der Waals surface area (Å²) in [6, 6.07) is 0.564. The van der Waals surface area contributed by atoms with Crippen LogP contribution in [0.3, 0.4) is 0 Å². The first-order valence-corrected chi connectivity index (χ1v) is 9.01. The van der Waals surface area contributed by atoms with Crippen LogP contribution in [-0.4, -0.2) is 49.0 Å². The molecule has 0 bridgehead atoms. The molecular formula is C17H32N4O. The average Bonchev–Trinajstić information content (AvgIpc) is 2.91. The molecule has 2 fully saturated rings. The van der Waals surface area contributed by atoms with Gasteiger partial charge in [-0.3, -0.25) is 9.79 Å².